The van der Waals surface area contributed by atoms with E-state index < -0.39 is 23.0 Å². The van der Waals surface area contributed by atoms with Gasteiger partial charge in [0.05, 0.1) is 117 Å². The number of methoxy groups -OCH3 is 2. The van der Waals surface area contributed by atoms with E-state index in [0.29, 0.717) is 97.0 Å². The number of esters is 2. The van der Waals surface area contributed by atoms with Crippen LogP contribution in [-0.4, -0.2) is 131 Å². The molecule has 4 aliphatic carbocycles. The zero-order valence-corrected chi connectivity index (χ0v) is 26.7. The van der Waals surface area contributed by atoms with Gasteiger partial charge in [-0.15, -0.1) is 0 Å². The van der Waals surface area contributed by atoms with Crippen LogP contribution in [0.25, 0.3) is 0 Å². The number of rotatable bonds is 2. The van der Waals surface area contributed by atoms with Crippen molar-refractivity contribution < 1.29 is 57.0 Å². The Kier molecular flexibility index (Phi) is 12.5. The zero-order chi connectivity index (χ0) is 32.2. The Morgan fingerprint density at radius 1 is 0.565 bits per heavy atom. The minimum atomic E-state index is -0.975. The molecule has 12 heteroatoms. The monoisotopic (exact) mass is 644 g/mol. The van der Waals surface area contributed by atoms with Gasteiger partial charge in [-0.25, -0.2) is 9.59 Å². The molecule has 1 unspecified atom stereocenters. The van der Waals surface area contributed by atoms with E-state index in [0.717, 1.165) is 28.7 Å². The lowest BCUT2D eigenvalue weighted by Crippen LogP contribution is -2.65. The molecule has 0 amide bonds. The van der Waals surface area contributed by atoms with Gasteiger partial charge < -0.3 is 47.4 Å². The Morgan fingerprint density at radius 2 is 1.04 bits per heavy atom. The van der Waals surface area contributed by atoms with Crippen LogP contribution < -0.4 is 0 Å². The van der Waals surface area contributed by atoms with Crippen molar-refractivity contribution >= 4 is 11.9 Å². The van der Waals surface area contributed by atoms with Crippen molar-refractivity contribution in [2.45, 2.75) is 17.4 Å². The first-order chi connectivity index (χ1) is 22.6. The molecule has 0 N–H and O–H groups in total. The molecule has 1 aromatic rings. The van der Waals surface area contributed by atoms with E-state index in [9.17, 15) is 9.59 Å². The molecular weight excluding hydrogens is 600 g/mol. The maximum absolute atomic E-state index is 12.5. The third-order valence-corrected chi connectivity index (χ3v) is 8.41. The molecule has 1 aliphatic heterocycles. The van der Waals surface area contributed by atoms with Crippen LogP contribution in [-0.2, 0) is 57.6 Å². The van der Waals surface area contributed by atoms with E-state index in [-0.39, 0.29) is 13.2 Å². The highest BCUT2D eigenvalue weighted by molar-refractivity contribution is 5.96. The molecule has 6 rings (SSSR count). The first-order valence-corrected chi connectivity index (χ1v) is 15.7. The van der Waals surface area contributed by atoms with Crippen molar-refractivity contribution in [2.24, 2.45) is 0 Å². The van der Waals surface area contributed by atoms with Crippen molar-refractivity contribution in [3.05, 3.63) is 69.8 Å². The second-order valence-electron chi connectivity index (χ2n) is 11.1. The van der Waals surface area contributed by atoms with Crippen molar-refractivity contribution in [1.82, 2.24) is 0 Å². The SMILES string of the molecule is COC(=O)c1cc2cc(c1)C21COCCOCCOCCOCCCOCCOCCOCCOC12c1cc(C(=O)OC)cc2c1. The molecule has 1 saturated heterocycles. The van der Waals surface area contributed by atoms with E-state index >= 15 is 0 Å². The van der Waals surface area contributed by atoms with E-state index in [1.807, 2.05) is 24.3 Å². The van der Waals surface area contributed by atoms with Gasteiger partial charge in [-0.3, -0.25) is 0 Å². The molecule has 46 heavy (non-hydrogen) atoms. The molecule has 1 heterocycles. The van der Waals surface area contributed by atoms with Crippen LogP contribution in [0.3, 0.4) is 0 Å². The second kappa shape index (κ2) is 16.8. The lowest BCUT2D eigenvalue weighted by atomic mass is 9.47. The number of benzene rings is 1. The maximum atomic E-state index is 12.5. The molecular formula is C34H44O12. The smallest absolute Gasteiger partial charge is 0.337 e. The van der Waals surface area contributed by atoms with Crippen molar-refractivity contribution in [3.63, 3.8) is 0 Å². The van der Waals surface area contributed by atoms with Crippen LogP contribution in [0.15, 0.2) is 53.1 Å². The van der Waals surface area contributed by atoms with Gasteiger partial charge in [0.25, 0.3) is 0 Å². The predicted octanol–water partition coefficient (Wildman–Crippen LogP) is 2.33. The topological polar surface area (TPSA) is 126 Å². The molecule has 0 saturated carbocycles. The quantitative estimate of drug-likeness (QED) is 0.439. The van der Waals surface area contributed by atoms with Crippen molar-refractivity contribution in [1.29, 1.82) is 0 Å². The highest BCUT2D eigenvalue weighted by Gasteiger charge is 2.66. The number of carbonyl (C=O) groups is 2. The lowest BCUT2D eigenvalue weighted by Gasteiger charge is -2.60. The van der Waals surface area contributed by atoms with Crippen LogP contribution in [0.5, 0.6) is 0 Å². The third-order valence-electron chi connectivity index (χ3n) is 8.41. The average Bonchev–Trinajstić information content (AvgIpc) is 3.09. The largest absolute Gasteiger partial charge is 0.465 e. The Bertz CT molecular complexity index is 1270. The summed E-state index contributed by atoms with van der Waals surface area (Å²) in [7, 11) is 2.71. The van der Waals surface area contributed by atoms with Gasteiger partial charge in [0.1, 0.15) is 5.60 Å². The number of ether oxygens (including phenoxy) is 10. The number of carbonyl (C=O) groups excluding carboxylic acids is 2. The summed E-state index contributed by atoms with van der Waals surface area (Å²) in [5.41, 5.74) is 2.51. The molecule has 4 bridgehead atoms. The molecule has 0 aromatic heterocycles. The van der Waals surface area contributed by atoms with Crippen LogP contribution >= 0.6 is 0 Å². The predicted molar refractivity (Wildman–Crippen MR) is 164 cm³/mol. The molecule has 1 aromatic carbocycles. The minimum Gasteiger partial charge on any atom is -0.465 e. The van der Waals surface area contributed by atoms with E-state index in [1.165, 1.54) is 14.2 Å². The number of fused-ring (bicyclic) bond motifs is 2. The summed E-state index contributed by atoms with van der Waals surface area (Å²) in [6, 6.07) is 5.66. The second-order valence-corrected chi connectivity index (χ2v) is 11.1. The van der Waals surface area contributed by atoms with Gasteiger partial charge in [-0.1, -0.05) is 6.07 Å². The van der Waals surface area contributed by atoms with Gasteiger partial charge in [-0.05, 0) is 59.1 Å². The van der Waals surface area contributed by atoms with E-state index in [1.54, 1.807) is 12.2 Å². The third kappa shape index (κ3) is 7.29. The molecule has 2 spiro atoms. The first kappa shape index (κ1) is 34.4. The zero-order valence-electron chi connectivity index (χ0n) is 26.7. The van der Waals surface area contributed by atoms with Crippen LogP contribution in [0.1, 0.15) is 27.9 Å². The van der Waals surface area contributed by atoms with E-state index in [2.05, 4.69) is 0 Å². The minimum absolute atomic E-state index is 0.250. The Morgan fingerprint density at radius 3 is 1.54 bits per heavy atom. The van der Waals surface area contributed by atoms with Gasteiger partial charge >= 0.3 is 11.9 Å². The fraction of sp³-hybridized carbons (Fsp3) is 0.588. The van der Waals surface area contributed by atoms with Crippen LogP contribution in [0.4, 0.5) is 0 Å². The molecule has 0 radical (unpaired) electrons. The Balaban J connectivity index is 1.32. The van der Waals surface area contributed by atoms with Crippen molar-refractivity contribution in [2.75, 3.05) is 113 Å². The molecule has 252 valence electrons. The summed E-state index contributed by atoms with van der Waals surface area (Å²) in [5, 5.41) is 0. The normalized spacial score (nSPS) is 25.2. The average molecular weight is 645 g/mol. The first-order valence-electron chi connectivity index (χ1n) is 15.7. The summed E-state index contributed by atoms with van der Waals surface area (Å²) in [6.07, 6.45) is 6.40. The number of hydrogen-bond donors (Lipinski definition) is 0. The molecule has 12 nitrogen and oxygen atoms in total. The fourth-order valence-corrected chi connectivity index (χ4v) is 6.20. The summed E-state index contributed by atoms with van der Waals surface area (Å²) < 4.78 is 57.0. The highest BCUT2D eigenvalue weighted by Crippen LogP contribution is 2.63. The van der Waals surface area contributed by atoms with Gasteiger partial charge in [0.15, 0.2) is 0 Å². The summed E-state index contributed by atoms with van der Waals surface area (Å²) in [5.74, 6) is -0.851. The molecule has 1 fully saturated rings. The summed E-state index contributed by atoms with van der Waals surface area (Å²) in [4.78, 5) is 24.9. The van der Waals surface area contributed by atoms with Gasteiger partial charge in [-0.2, -0.15) is 0 Å². The highest BCUT2D eigenvalue weighted by atomic mass is 16.6. The Hall–Kier alpha value is -2.94. The van der Waals surface area contributed by atoms with E-state index in [4.69, 9.17) is 47.4 Å². The maximum Gasteiger partial charge on any atom is 0.337 e. The molecule has 1 atom stereocenters. The summed E-state index contributed by atoms with van der Waals surface area (Å²) in [6.45, 7) is 6.46. The van der Waals surface area contributed by atoms with Crippen LogP contribution in [0, 0.1) is 0 Å². The molecule has 5 aliphatic rings. The van der Waals surface area contributed by atoms with Crippen molar-refractivity contribution in [3.8, 4) is 0 Å². The fourth-order valence-electron chi connectivity index (χ4n) is 6.20. The summed E-state index contributed by atoms with van der Waals surface area (Å²) >= 11 is 0. The van der Waals surface area contributed by atoms with Gasteiger partial charge in [0.2, 0.25) is 0 Å². The van der Waals surface area contributed by atoms with Crippen LogP contribution in [0.2, 0.25) is 0 Å². The number of hydrogen-bond acceptors (Lipinski definition) is 12. The Labute approximate surface area is 269 Å². The standard InChI is InChI=1S/C34H44O12/c1-37-31(35)25-18-27-22-28(19-25)33(27)24-45-15-14-43-11-10-41-8-6-39-4-3-5-40-7-9-42-12-13-44-16-17-46-34(33)29-20-26(32(36)38-2)21-30(34)23-29/h18-23H,3-17,24H2,1-2H3. The lowest BCUT2D eigenvalue weighted by molar-refractivity contribution is -0.135. The van der Waals surface area contributed by atoms with Gasteiger partial charge in [0, 0.05) is 13.2 Å².